The molecule has 0 aromatic heterocycles. The van der Waals surface area contributed by atoms with E-state index in [1.807, 2.05) is 31.3 Å². The van der Waals surface area contributed by atoms with Crippen molar-refractivity contribution in [2.45, 2.75) is 25.4 Å². The number of piperidine rings is 1. The lowest BCUT2D eigenvalue weighted by Gasteiger charge is -2.27. The topological polar surface area (TPSA) is 108 Å². The third-order valence-electron chi connectivity index (χ3n) is 5.18. The molecule has 1 atom stereocenters. The molecule has 4 rings (SSSR count). The number of carbonyl (C=O) groups excluding carboxylic acids is 4. The van der Waals surface area contributed by atoms with Crippen LogP contribution in [0.2, 0.25) is 0 Å². The van der Waals surface area contributed by atoms with Crippen LogP contribution in [-0.2, 0) is 16.1 Å². The second-order valence-corrected chi connectivity index (χ2v) is 7.01. The maximum absolute atomic E-state index is 12.8. The van der Waals surface area contributed by atoms with Gasteiger partial charge in [-0.25, -0.2) is 0 Å². The lowest BCUT2D eigenvalue weighted by molar-refractivity contribution is -0.136. The molecule has 8 heteroatoms. The van der Waals surface area contributed by atoms with Gasteiger partial charge in [0, 0.05) is 31.4 Å². The van der Waals surface area contributed by atoms with Crippen molar-refractivity contribution >= 4 is 35.0 Å². The van der Waals surface area contributed by atoms with E-state index >= 15 is 0 Å². The molecule has 29 heavy (non-hydrogen) atoms. The van der Waals surface area contributed by atoms with Gasteiger partial charge in [-0.1, -0.05) is 12.1 Å². The summed E-state index contributed by atoms with van der Waals surface area (Å²) in [5.74, 6) is -2.02. The molecular formula is C21H20N4O4. The van der Waals surface area contributed by atoms with Crippen molar-refractivity contribution in [1.29, 1.82) is 0 Å². The zero-order valence-electron chi connectivity index (χ0n) is 15.8. The summed E-state index contributed by atoms with van der Waals surface area (Å²) in [4.78, 5) is 50.0. The quantitative estimate of drug-likeness (QED) is 0.669. The summed E-state index contributed by atoms with van der Waals surface area (Å²) < 4.78 is 0. The highest BCUT2D eigenvalue weighted by Crippen LogP contribution is 2.29. The Morgan fingerprint density at radius 2 is 1.66 bits per heavy atom. The normalized spacial score (nSPS) is 18.5. The Hall–Kier alpha value is -3.68. The van der Waals surface area contributed by atoms with Crippen LogP contribution in [-0.4, -0.2) is 41.6 Å². The van der Waals surface area contributed by atoms with Gasteiger partial charge in [-0.15, -0.1) is 0 Å². The molecule has 2 aliphatic rings. The number of nitrogens with one attached hydrogen (secondary N) is 3. The van der Waals surface area contributed by atoms with Crippen LogP contribution in [0.1, 0.15) is 39.1 Å². The van der Waals surface area contributed by atoms with Crippen molar-refractivity contribution in [3.05, 3.63) is 59.2 Å². The van der Waals surface area contributed by atoms with E-state index in [9.17, 15) is 19.2 Å². The number of carbonyl (C=O) groups is 4. The predicted molar refractivity (Wildman–Crippen MR) is 106 cm³/mol. The number of amides is 4. The molecule has 1 fully saturated rings. The molecule has 2 heterocycles. The summed E-state index contributed by atoms with van der Waals surface area (Å²) in [6.45, 7) is 0.557. The first-order valence-corrected chi connectivity index (χ1v) is 9.34. The van der Waals surface area contributed by atoms with Crippen molar-refractivity contribution in [2.75, 3.05) is 17.7 Å². The van der Waals surface area contributed by atoms with E-state index in [1.165, 1.54) is 0 Å². The van der Waals surface area contributed by atoms with Gasteiger partial charge in [0.1, 0.15) is 6.04 Å². The standard InChI is InChI=1S/C21H20N4O4/c1-22-13-4-2-12(3-5-13)11-23-14-6-7-15-16(10-14)21(29)25(20(15)28)17-8-9-18(26)24-19(17)27/h2-7,10,17,22-23H,8-9,11H2,1H3,(H,24,26,27). The first-order chi connectivity index (χ1) is 14.0. The third kappa shape index (κ3) is 3.44. The molecule has 148 valence electrons. The number of nitrogens with zero attached hydrogens (tertiary/aromatic N) is 1. The number of anilines is 2. The zero-order valence-corrected chi connectivity index (χ0v) is 15.8. The van der Waals surface area contributed by atoms with E-state index in [2.05, 4.69) is 16.0 Å². The molecule has 0 radical (unpaired) electrons. The van der Waals surface area contributed by atoms with Crippen LogP contribution in [0.25, 0.3) is 0 Å². The first kappa shape index (κ1) is 18.7. The molecule has 8 nitrogen and oxygen atoms in total. The van der Waals surface area contributed by atoms with E-state index in [-0.39, 0.29) is 24.0 Å². The highest BCUT2D eigenvalue weighted by atomic mass is 16.2. The maximum Gasteiger partial charge on any atom is 0.262 e. The fraction of sp³-hybridized carbons (Fsp3) is 0.238. The Morgan fingerprint density at radius 3 is 2.34 bits per heavy atom. The SMILES string of the molecule is CNc1ccc(CNc2ccc3c(c2)C(=O)N(C2CCC(=O)NC2=O)C3=O)cc1. The van der Waals surface area contributed by atoms with Crippen LogP contribution in [0.5, 0.6) is 0 Å². The summed E-state index contributed by atoms with van der Waals surface area (Å²) >= 11 is 0. The van der Waals surface area contributed by atoms with Gasteiger partial charge in [0.15, 0.2) is 0 Å². The van der Waals surface area contributed by atoms with Crippen molar-refractivity contribution in [3.8, 4) is 0 Å². The molecule has 3 N–H and O–H groups in total. The second kappa shape index (κ2) is 7.38. The molecule has 0 spiro atoms. The minimum atomic E-state index is -0.956. The van der Waals surface area contributed by atoms with Gasteiger partial charge in [-0.3, -0.25) is 29.4 Å². The van der Waals surface area contributed by atoms with E-state index < -0.39 is 29.7 Å². The average Bonchev–Trinajstić information content (AvgIpc) is 2.97. The lowest BCUT2D eigenvalue weighted by Crippen LogP contribution is -2.54. The monoisotopic (exact) mass is 392 g/mol. The number of hydrogen-bond donors (Lipinski definition) is 3. The third-order valence-corrected chi connectivity index (χ3v) is 5.18. The highest BCUT2D eigenvalue weighted by molar-refractivity contribution is 6.23. The van der Waals surface area contributed by atoms with Crippen LogP contribution in [0.4, 0.5) is 11.4 Å². The van der Waals surface area contributed by atoms with Gasteiger partial charge in [0.2, 0.25) is 11.8 Å². The number of imide groups is 2. The van der Waals surface area contributed by atoms with Crippen LogP contribution in [0, 0.1) is 0 Å². The molecular weight excluding hydrogens is 372 g/mol. The van der Waals surface area contributed by atoms with E-state index in [4.69, 9.17) is 0 Å². The molecule has 2 aromatic carbocycles. The fourth-order valence-electron chi connectivity index (χ4n) is 3.57. The van der Waals surface area contributed by atoms with Crippen molar-refractivity contribution in [2.24, 2.45) is 0 Å². The average molecular weight is 392 g/mol. The Kier molecular flexibility index (Phi) is 4.75. The summed E-state index contributed by atoms with van der Waals surface area (Å²) in [7, 11) is 1.86. The molecule has 4 amide bonds. The minimum absolute atomic E-state index is 0.100. The second-order valence-electron chi connectivity index (χ2n) is 7.01. The Morgan fingerprint density at radius 1 is 0.966 bits per heavy atom. The highest BCUT2D eigenvalue weighted by Gasteiger charge is 2.44. The summed E-state index contributed by atoms with van der Waals surface area (Å²) in [6.07, 6.45) is 0.243. The van der Waals surface area contributed by atoms with E-state index in [0.717, 1.165) is 16.2 Å². The number of rotatable bonds is 5. The number of fused-ring (bicyclic) bond motifs is 1. The zero-order chi connectivity index (χ0) is 20.5. The Bertz CT molecular complexity index is 1020. The maximum atomic E-state index is 12.8. The first-order valence-electron chi connectivity index (χ1n) is 9.34. The molecule has 1 unspecified atom stereocenters. The van der Waals surface area contributed by atoms with Gasteiger partial charge < -0.3 is 10.6 Å². The molecule has 1 saturated heterocycles. The molecule has 0 bridgehead atoms. The van der Waals surface area contributed by atoms with Crippen LogP contribution < -0.4 is 16.0 Å². The van der Waals surface area contributed by atoms with Gasteiger partial charge in [0.05, 0.1) is 11.1 Å². The van der Waals surface area contributed by atoms with Gasteiger partial charge >= 0.3 is 0 Å². The van der Waals surface area contributed by atoms with E-state index in [0.29, 0.717) is 12.2 Å². The number of benzene rings is 2. The molecule has 2 aromatic rings. The summed E-state index contributed by atoms with van der Waals surface area (Å²) in [6, 6.07) is 11.9. The smallest absolute Gasteiger partial charge is 0.262 e. The lowest BCUT2D eigenvalue weighted by atomic mass is 10.0. The van der Waals surface area contributed by atoms with Crippen molar-refractivity contribution in [3.63, 3.8) is 0 Å². The summed E-state index contributed by atoms with van der Waals surface area (Å²) in [5.41, 5.74) is 3.31. The van der Waals surface area contributed by atoms with Crippen LogP contribution in [0.15, 0.2) is 42.5 Å². The number of hydrogen-bond acceptors (Lipinski definition) is 6. The fourth-order valence-corrected chi connectivity index (χ4v) is 3.57. The van der Waals surface area contributed by atoms with Gasteiger partial charge in [-0.2, -0.15) is 0 Å². The van der Waals surface area contributed by atoms with Gasteiger partial charge in [-0.05, 0) is 42.3 Å². The van der Waals surface area contributed by atoms with E-state index in [1.54, 1.807) is 18.2 Å². The van der Waals surface area contributed by atoms with Crippen LogP contribution in [0.3, 0.4) is 0 Å². The van der Waals surface area contributed by atoms with Gasteiger partial charge in [0.25, 0.3) is 11.8 Å². The van der Waals surface area contributed by atoms with Crippen molar-refractivity contribution in [1.82, 2.24) is 10.2 Å². The molecule has 0 saturated carbocycles. The van der Waals surface area contributed by atoms with Crippen molar-refractivity contribution < 1.29 is 19.2 Å². The Labute approximate surface area is 167 Å². The molecule has 0 aliphatic carbocycles. The Balaban J connectivity index is 1.50. The largest absolute Gasteiger partial charge is 0.388 e. The molecule has 2 aliphatic heterocycles. The minimum Gasteiger partial charge on any atom is -0.388 e. The predicted octanol–water partition coefficient (Wildman–Crippen LogP) is 1.74. The summed E-state index contributed by atoms with van der Waals surface area (Å²) in [5, 5.41) is 8.50. The van der Waals surface area contributed by atoms with Crippen LogP contribution >= 0.6 is 0 Å².